The van der Waals surface area contributed by atoms with E-state index in [0.717, 1.165) is 26.2 Å². The van der Waals surface area contributed by atoms with Gasteiger partial charge in [0.2, 0.25) is 0 Å². The summed E-state index contributed by atoms with van der Waals surface area (Å²) >= 11 is 0. The second-order valence-electron chi connectivity index (χ2n) is 6.60. The van der Waals surface area contributed by atoms with Gasteiger partial charge < -0.3 is 9.88 Å². The van der Waals surface area contributed by atoms with Gasteiger partial charge in [0.25, 0.3) is 0 Å². The van der Waals surface area contributed by atoms with E-state index in [1.807, 2.05) is 0 Å². The van der Waals surface area contributed by atoms with E-state index in [-0.39, 0.29) is 0 Å². The van der Waals surface area contributed by atoms with Crippen LogP contribution in [0.25, 0.3) is 22.2 Å². The molecule has 0 radical (unpaired) electrons. The van der Waals surface area contributed by atoms with Crippen molar-refractivity contribution in [2.75, 3.05) is 32.7 Å². The Morgan fingerprint density at radius 1 is 0.833 bits per heavy atom. The number of aromatic amines is 1. The number of hydrogen-bond acceptors (Lipinski definition) is 2. The minimum absolute atomic E-state index is 1.02. The maximum Gasteiger partial charge on any atom is 0.0510 e. The normalized spacial score (nSPS) is 16.7. The zero-order valence-corrected chi connectivity index (χ0v) is 14.3. The lowest BCUT2D eigenvalue weighted by molar-refractivity contribution is 0.132. The number of H-pyrrole nitrogens is 1. The first-order chi connectivity index (χ1) is 11.8. The minimum Gasteiger partial charge on any atom is -0.354 e. The molecule has 3 nitrogen and oxygen atoms in total. The van der Waals surface area contributed by atoms with E-state index >= 15 is 0 Å². The summed E-state index contributed by atoms with van der Waals surface area (Å²) in [6.45, 7) is 9.10. The van der Waals surface area contributed by atoms with Crippen molar-refractivity contribution >= 4 is 10.9 Å². The quantitative estimate of drug-likeness (QED) is 0.786. The largest absolute Gasteiger partial charge is 0.354 e. The number of fused-ring (bicyclic) bond motifs is 1. The average Bonchev–Trinajstić information content (AvgIpc) is 3.02. The molecule has 3 heteroatoms. The van der Waals surface area contributed by atoms with Gasteiger partial charge in [-0.15, -0.1) is 0 Å². The summed E-state index contributed by atoms with van der Waals surface area (Å²) in [6, 6.07) is 19.4. The van der Waals surface area contributed by atoms with Crippen molar-refractivity contribution in [2.45, 2.75) is 13.5 Å². The monoisotopic (exact) mass is 319 g/mol. The molecule has 1 N–H and O–H groups in total. The van der Waals surface area contributed by atoms with Crippen molar-refractivity contribution in [1.82, 2.24) is 14.8 Å². The number of para-hydroxylation sites is 1. The Bertz CT molecular complexity index is 798. The number of nitrogens with one attached hydrogen (secondary N) is 1. The van der Waals surface area contributed by atoms with Crippen molar-refractivity contribution in [2.24, 2.45) is 0 Å². The molecule has 0 saturated carbocycles. The fourth-order valence-corrected chi connectivity index (χ4v) is 3.70. The fraction of sp³-hybridized carbons (Fsp3) is 0.333. The number of hydrogen-bond donors (Lipinski definition) is 1. The highest BCUT2D eigenvalue weighted by Gasteiger charge is 2.19. The van der Waals surface area contributed by atoms with Crippen LogP contribution >= 0.6 is 0 Å². The third kappa shape index (κ3) is 2.97. The van der Waals surface area contributed by atoms with Gasteiger partial charge in [-0.2, -0.15) is 0 Å². The van der Waals surface area contributed by atoms with E-state index in [1.165, 1.54) is 40.8 Å². The lowest BCUT2D eigenvalue weighted by Crippen LogP contribution is -2.45. The number of nitrogens with zero attached hydrogens (tertiary/aromatic N) is 2. The second kappa shape index (κ2) is 6.80. The van der Waals surface area contributed by atoms with Crippen LogP contribution in [0.15, 0.2) is 54.6 Å². The van der Waals surface area contributed by atoms with Gasteiger partial charge in [-0.05, 0) is 23.7 Å². The molecule has 0 atom stereocenters. The van der Waals surface area contributed by atoms with Gasteiger partial charge in [0.05, 0.1) is 5.69 Å². The van der Waals surface area contributed by atoms with Crippen LogP contribution in [-0.4, -0.2) is 47.5 Å². The standard InChI is InChI=1S/C21H25N3/c1-2-23-12-14-24(15-13-23)16-19-18-10-6-7-11-20(18)22-21(19)17-8-4-3-5-9-17/h3-11,22H,2,12-16H2,1H3. The van der Waals surface area contributed by atoms with Gasteiger partial charge in [0.1, 0.15) is 0 Å². The number of benzene rings is 2. The van der Waals surface area contributed by atoms with Gasteiger partial charge in [-0.25, -0.2) is 0 Å². The first-order valence-electron chi connectivity index (χ1n) is 8.95. The predicted octanol–water partition coefficient (Wildman–Crippen LogP) is 3.97. The lowest BCUT2D eigenvalue weighted by atomic mass is 10.0. The molecule has 1 aliphatic rings. The van der Waals surface area contributed by atoms with Gasteiger partial charge in [-0.3, -0.25) is 4.90 Å². The van der Waals surface area contributed by atoms with E-state index in [2.05, 4.69) is 76.3 Å². The molecule has 124 valence electrons. The summed E-state index contributed by atoms with van der Waals surface area (Å²) in [5.41, 5.74) is 5.21. The molecule has 0 bridgehead atoms. The molecule has 0 aliphatic carbocycles. The molecule has 1 aromatic heterocycles. The molecule has 4 rings (SSSR count). The van der Waals surface area contributed by atoms with Gasteiger partial charge in [0, 0.05) is 43.6 Å². The number of aromatic nitrogens is 1. The number of rotatable bonds is 4. The Labute approximate surface area is 143 Å². The van der Waals surface area contributed by atoms with Crippen LogP contribution in [0.1, 0.15) is 12.5 Å². The predicted molar refractivity (Wildman–Crippen MR) is 101 cm³/mol. The van der Waals surface area contributed by atoms with Crippen LogP contribution in [0.2, 0.25) is 0 Å². The molecule has 2 aromatic carbocycles. The highest BCUT2D eigenvalue weighted by molar-refractivity contribution is 5.90. The van der Waals surface area contributed by atoms with Crippen LogP contribution in [0.3, 0.4) is 0 Å². The van der Waals surface area contributed by atoms with Crippen molar-refractivity contribution in [3.8, 4) is 11.3 Å². The number of likely N-dealkylation sites (N-methyl/N-ethyl adjacent to an activating group) is 1. The van der Waals surface area contributed by atoms with Crippen molar-refractivity contribution in [3.05, 3.63) is 60.2 Å². The highest BCUT2D eigenvalue weighted by Crippen LogP contribution is 2.31. The van der Waals surface area contributed by atoms with Crippen molar-refractivity contribution in [1.29, 1.82) is 0 Å². The Morgan fingerprint density at radius 2 is 1.50 bits per heavy atom. The minimum atomic E-state index is 1.02. The molecule has 24 heavy (non-hydrogen) atoms. The lowest BCUT2D eigenvalue weighted by Gasteiger charge is -2.34. The molecule has 0 amide bonds. The second-order valence-corrected chi connectivity index (χ2v) is 6.60. The zero-order valence-electron chi connectivity index (χ0n) is 14.3. The zero-order chi connectivity index (χ0) is 16.4. The topological polar surface area (TPSA) is 22.3 Å². The highest BCUT2D eigenvalue weighted by atomic mass is 15.3. The first-order valence-corrected chi connectivity index (χ1v) is 8.95. The fourth-order valence-electron chi connectivity index (χ4n) is 3.70. The maximum absolute atomic E-state index is 3.65. The van der Waals surface area contributed by atoms with Crippen molar-refractivity contribution < 1.29 is 0 Å². The van der Waals surface area contributed by atoms with E-state index in [4.69, 9.17) is 0 Å². The van der Waals surface area contributed by atoms with Crippen molar-refractivity contribution in [3.63, 3.8) is 0 Å². The van der Waals surface area contributed by atoms with Crippen LogP contribution in [0, 0.1) is 0 Å². The summed E-state index contributed by atoms with van der Waals surface area (Å²) < 4.78 is 0. The Hall–Kier alpha value is -2.10. The summed E-state index contributed by atoms with van der Waals surface area (Å²) in [5, 5.41) is 1.36. The number of piperazine rings is 1. The van der Waals surface area contributed by atoms with E-state index in [0.29, 0.717) is 0 Å². The maximum atomic E-state index is 3.65. The Morgan fingerprint density at radius 3 is 2.25 bits per heavy atom. The molecular formula is C21H25N3. The van der Waals surface area contributed by atoms with Crippen LogP contribution in [0.5, 0.6) is 0 Å². The smallest absolute Gasteiger partial charge is 0.0510 e. The van der Waals surface area contributed by atoms with Gasteiger partial charge in [-0.1, -0.05) is 55.5 Å². The first kappa shape index (κ1) is 15.4. The summed E-state index contributed by atoms with van der Waals surface area (Å²) in [5.74, 6) is 0. The molecule has 1 saturated heterocycles. The van der Waals surface area contributed by atoms with Crippen LogP contribution < -0.4 is 0 Å². The van der Waals surface area contributed by atoms with Crippen LogP contribution in [0.4, 0.5) is 0 Å². The average molecular weight is 319 g/mol. The Balaban J connectivity index is 1.68. The van der Waals surface area contributed by atoms with E-state index in [9.17, 15) is 0 Å². The van der Waals surface area contributed by atoms with E-state index in [1.54, 1.807) is 0 Å². The van der Waals surface area contributed by atoms with Crippen LogP contribution in [-0.2, 0) is 6.54 Å². The molecule has 0 unspecified atom stereocenters. The summed E-state index contributed by atoms with van der Waals surface area (Å²) in [4.78, 5) is 8.78. The van der Waals surface area contributed by atoms with E-state index < -0.39 is 0 Å². The van der Waals surface area contributed by atoms with Gasteiger partial charge in [0.15, 0.2) is 0 Å². The SMILES string of the molecule is CCN1CCN(Cc2c(-c3ccccc3)[nH]c3ccccc23)CC1. The Kier molecular flexibility index (Phi) is 4.37. The summed E-state index contributed by atoms with van der Waals surface area (Å²) in [6.07, 6.45) is 0. The summed E-state index contributed by atoms with van der Waals surface area (Å²) in [7, 11) is 0. The molecule has 3 aromatic rings. The molecule has 2 heterocycles. The van der Waals surface area contributed by atoms with Gasteiger partial charge >= 0.3 is 0 Å². The third-order valence-electron chi connectivity index (χ3n) is 5.17. The third-order valence-corrected chi connectivity index (χ3v) is 5.17. The molecule has 1 aliphatic heterocycles. The molecular weight excluding hydrogens is 294 g/mol. The molecule has 0 spiro atoms. The molecule has 1 fully saturated rings.